The van der Waals surface area contributed by atoms with Gasteiger partial charge in [0, 0.05) is 6.20 Å². The summed E-state index contributed by atoms with van der Waals surface area (Å²) < 4.78 is 6.16. The molecule has 1 aromatic heterocycles. The van der Waals surface area contributed by atoms with Crippen molar-refractivity contribution in [1.29, 1.82) is 5.41 Å². The molecule has 1 saturated carbocycles. The van der Waals surface area contributed by atoms with Gasteiger partial charge in [-0.05, 0) is 42.7 Å². The zero-order valence-electron chi connectivity index (χ0n) is 12.6. The highest BCUT2D eigenvalue weighted by Gasteiger charge is 2.33. The van der Waals surface area contributed by atoms with Crippen LogP contribution in [0.5, 0.6) is 5.88 Å². The number of hydrogen-bond acceptors (Lipinski definition) is 3. The molecule has 0 spiro atoms. The zero-order valence-corrected chi connectivity index (χ0v) is 12.6. The minimum atomic E-state index is 0.0121. The highest BCUT2D eigenvalue weighted by Crippen LogP contribution is 2.36. The normalized spacial score (nSPS) is 26.5. The summed E-state index contributed by atoms with van der Waals surface area (Å²) >= 11 is 0. The van der Waals surface area contributed by atoms with Crippen molar-refractivity contribution in [3.05, 3.63) is 23.9 Å². The molecule has 3 unspecified atom stereocenters. The quantitative estimate of drug-likeness (QED) is 0.654. The molecule has 1 aliphatic carbocycles. The third kappa shape index (κ3) is 3.30. The molecule has 1 fully saturated rings. The number of aromatic nitrogens is 1. The maximum Gasteiger partial charge on any atom is 0.224 e. The summed E-state index contributed by atoms with van der Waals surface area (Å²) in [6.07, 6.45) is 5.39. The maximum atomic E-state index is 7.63. The molecular weight excluding hydrogens is 250 g/mol. The van der Waals surface area contributed by atoms with Crippen LogP contribution in [-0.4, -0.2) is 16.9 Å². The Kier molecular flexibility index (Phi) is 4.63. The fourth-order valence-corrected chi connectivity index (χ4v) is 3.08. The van der Waals surface area contributed by atoms with Gasteiger partial charge in [-0.1, -0.05) is 27.2 Å². The van der Waals surface area contributed by atoms with E-state index in [9.17, 15) is 0 Å². The molecule has 1 heterocycles. The van der Waals surface area contributed by atoms with Crippen LogP contribution in [0.3, 0.4) is 0 Å². The van der Waals surface area contributed by atoms with Crippen LogP contribution >= 0.6 is 0 Å². The third-order valence-corrected chi connectivity index (χ3v) is 4.29. The van der Waals surface area contributed by atoms with Crippen molar-refractivity contribution < 1.29 is 4.74 Å². The van der Waals surface area contributed by atoms with Gasteiger partial charge < -0.3 is 10.5 Å². The first-order valence-corrected chi connectivity index (χ1v) is 7.45. The Labute approximate surface area is 121 Å². The van der Waals surface area contributed by atoms with Gasteiger partial charge in [-0.25, -0.2) is 4.98 Å². The van der Waals surface area contributed by atoms with Gasteiger partial charge in [-0.3, -0.25) is 5.41 Å². The molecule has 3 N–H and O–H groups in total. The molecule has 0 radical (unpaired) electrons. The summed E-state index contributed by atoms with van der Waals surface area (Å²) in [6.45, 7) is 6.78. The molecule has 1 aromatic rings. The summed E-state index contributed by atoms with van der Waals surface area (Å²) in [5.41, 5.74) is 6.20. The van der Waals surface area contributed by atoms with Crippen molar-refractivity contribution in [3.63, 3.8) is 0 Å². The second kappa shape index (κ2) is 6.25. The lowest BCUT2D eigenvalue weighted by Crippen LogP contribution is -2.37. The minimum Gasteiger partial charge on any atom is -0.474 e. The Morgan fingerprint density at radius 2 is 2.20 bits per heavy atom. The van der Waals surface area contributed by atoms with Crippen LogP contribution in [0.15, 0.2) is 18.3 Å². The Balaban J connectivity index is 2.20. The average molecular weight is 275 g/mol. The van der Waals surface area contributed by atoms with Crippen LogP contribution in [0, 0.1) is 23.2 Å². The number of nitrogen functional groups attached to an aromatic ring is 1. The van der Waals surface area contributed by atoms with Gasteiger partial charge in [0.2, 0.25) is 5.88 Å². The van der Waals surface area contributed by atoms with E-state index < -0.39 is 0 Å². The highest BCUT2D eigenvalue weighted by atomic mass is 16.5. The molecule has 1 aliphatic rings. The molecule has 4 nitrogen and oxygen atoms in total. The molecule has 0 amide bonds. The van der Waals surface area contributed by atoms with Crippen LogP contribution in [0.2, 0.25) is 0 Å². The van der Waals surface area contributed by atoms with Crippen molar-refractivity contribution >= 4 is 5.84 Å². The third-order valence-electron chi connectivity index (χ3n) is 4.29. The number of ether oxygens (including phenoxy) is 1. The first-order chi connectivity index (χ1) is 9.49. The molecule has 0 bridgehead atoms. The molecule has 0 aromatic carbocycles. The number of pyridine rings is 1. The predicted octanol–water partition coefficient (Wildman–Crippen LogP) is 3.21. The summed E-state index contributed by atoms with van der Waals surface area (Å²) in [6, 6.07) is 3.58. The highest BCUT2D eigenvalue weighted by molar-refractivity contribution is 5.96. The van der Waals surface area contributed by atoms with Gasteiger partial charge in [0.25, 0.3) is 0 Å². The fraction of sp³-hybridized carbons (Fsp3) is 0.625. The monoisotopic (exact) mass is 275 g/mol. The van der Waals surface area contributed by atoms with Crippen molar-refractivity contribution in [2.45, 2.75) is 46.1 Å². The fourth-order valence-electron chi connectivity index (χ4n) is 3.08. The number of nitrogens with one attached hydrogen (secondary N) is 1. The smallest absolute Gasteiger partial charge is 0.224 e. The molecule has 110 valence electrons. The lowest BCUT2D eigenvalue weighted by molar-refractivity contribution is 0.0425. The lowest BCUT2D eigenvalue weighted by atomic mass is 9.75. The van der Waals surface area contributed by atoms with E-state index in [1.165, 1.54) is 12.8 Å². The Morgan fingerprint density at radius 1 is 1.45 bits per heavy atom. The number of hydrogen-bond donors (Lipinski definition) is 2. The predicted molar refractivity (Wildman–Crippen MR) is 81.0 cm³/mol. The number of nitrogens with two attached hydrogens (primary N) is 1. The van der Waals surface area contributed by atoms with E-state index in [1.54, 1.807) is 18.3 Å². The zero-order chi connectivity index (χ0) is 14.7. The van der Waals surface area contributed by atoms with E-state index in [-0.39, 0.29) is 11.9 Å². The van der Waals surface area contributed by atoms with Gasteiger partial charge in [0.15, 0.2) is 0 Å². The van der Waals surface area contributed by atoms with Gasteiger partial charge in [0.1, 0.15) is 11.9 Å². The SMILES string of the molecule is CC1CCC(C(C)C)C(Oc2ncccc2C(=N)N)C1. The lowest BCUT2D eigenvalue weighted by Gasteiger charge is -2.37. The Bertz CT molecular complexity index is 473. The minimum absolute atomic E-state index is 0.0121. The van der Waals surface area contributed by atoms with Gasteiger partial charge >= 0.3 is 0 Å². The van der Waals surface area contributed by atoms with Crippen LogP contribution in [-0.2, 0) is 0 Å². The van der Waals surface area contributed by atoms with Crippen LogP contribution in [0.1, 0.15) is 45.6 Å². The molecular formula is C16H25N3O. The van der Waals surface area contributed by atoms with Crippen LogP contribution in [0.4, 0.5) is 0 Å². The van der Waals surface area contributed by atoms with Gasteiger partial charge in [-0.2, -0.15) is 0 Å². The van der Waals surface area contributed by atoms with Gasteiger partial charge in [-0.15, -0.1) is 0 Å². The second-order valence-electron chi connectivity index (χ2n) is 6.25. The summed E-state index contributed by atoms with van der Waals surface area (Å²) in [5, 5.41) is 7.63. The molecule has 0 aliphatic heterocycles. The second-order valence-corrected chi connectivity index (χ2v) is 6.25. The Hall–Kier alpha value is -1.58. The summed E-state index contributed by atoms with van der Waals surface area (Å²) in [4.78, 5) is 4.27. The summed E-state index contributed by atoms with van der Waals surface area (Å²) in [7, 11) is 0. The number of rotatable bonds is 4. The number of nitrogens with zero attached hydrogens (tertiary/aromatic N) is 1. The van der Waals surface area contributed by atoms with E-state index in [1.807, 2.05) is 0 Å². The van der Waals surface area contributed by atoms with Crippen LogP contribution < -0.4 is 10.5 Å². The van der Waals surface area contributed by atoms with Crippen molar-refractivity contribution in [2.75, 3.05) is 0 Å². The van der Waals surface area contributed by atoms with E-state index in [2.05, 4.69) is 25.8 Å². The Morgan fingerprint density at radius 3 is 2.85 bits per heavy atom. The topological polar surface area (TPSA) is 72.0 Å². The van der Waals surface area contributed by atoms with Crippen LogP contribution in [0.25, 0.3) is 0 Å². The van der Waals surface area contributed by atoms with Crippen molar-refractivity contribution in [2.24, 2.45) is 23.5 Å². The van der Waals surface area contributed by atoms with E-state index >= 15 is 0 Å². The van der Waals surface area contributed by atoms with E-state index in [4.69, 9.17) is 15.9 Å². The van der Waals surface area contributed by atoms with E-state index in [0.29, 0.717) is 29.2 Å². The van der Waals surface area contributed by atoms with Gasteiger partial charge in [0.05, 0.1) is 5.56 Å². The van der Waals surface area contributed by atoms with E-state index in [0.717, 1.165) is 6.42 Å². The van der Waals surface area contributed by atoms with Crippen molar-refractivity contribution in [1.82, 2.24) is 4.98 Å². The molecule has 20 heavy (non-hydrogen) atoms. The average Bonchev–Trinajstić information content (AvgIpc) is 2.38. The summed E-state index contributed by atoms with van der Waals surface area (Å²) in [5.74, 6) is 2.34. The largest absolute Gasteiger partial charge is 0.474 e. The van der Waals surface area contributed by atoms with Crippen molar-refractivity contribution in [3.8, 4) is 5.88 Å². The first-order valence-electron chi connectivity index (χ1n) is 7.45. The maximum absolute atomic E-state index is 7.63. The first kappa shape index (κ1) is 14.8. The standard InChI is InChI=1S/C16H25N3O/c1-10(2)12-7-6-11(3)9-14(12)20-16-13(15(17)18)5-4-8-19-16/h4-5,8,10-12,14H,6-7,9H2,1-3H3,(H3,17,18). The molecule has 2 rings (SSSR count). The number of amidine groups is 1. The molecule has 0 saturated heterocycles. The molecule has 4 heteroatoms. The molecule has 3 atom stereocenters.